The molecule has 7 heteroatoms. The minimum atomic E-state index is -1.25. The molecule has 3 aliphatic rings. The minimum absolute atomic E-state index is 0.164. The van der Waals surface area contributed by atoms with Crippen LogP contribution in [-0.2, 0) is 19.9 Å². The number of nitrogens with zero attached hydrogens (tertiary/aromatic N) is 1. The fourth-order valence-corrected chi connectivity index (χ4v) is 5.30. The highest BCUT2D eigenvalue weighted by Crippen LogP contribution is 2.54. The highest BCUT2D eigenvalue weighted by Gasteiger charge is 2.70. The van der Waals surface area contributed by atoms with E-state index in [1.807, 2.05) is 13.8 Å². The number of nitrogens with one attached hydrogen (secondary N) is 2. The number of hydrogen-bond donors (Lipinski definition) is 2. The summed E-state index contributed by atoms with van der Waals surface area (Å²) in [5, 5.41) is 6.82. The van der Waals surface area contributed by atoms with Crippen LogP contribution in [-0.4, -0.2) is 34.7 Å². The van der Waals surface area contributed by atoms with Gasteiger partial charge in [0.15, 0.2) is 0 Å². The Kier molecular flexibility index (Phi) is 4.55. The van der Waals surface area contributed by atoms with Gasteiger partial charge in [-0.15, -0.1) is 0 Å². The second kappa shape index (κ2) is 6.56. The van der Waals surface area contributed by atoms with E-state index < -0.39 is 17.4 Å². The van der Waals surface area contributed by atoms with E-state index in [4.69, 9.17) is 11.6 Å². The number of amides is 3. The maximum atomic E-state index is 13.5. The van der Waals surface area contributed by atoms with E-state index >= 15 is 0 Å². The lowest BCUT2D eigenvalue weighted by Crippen LogP contribution is -2.54. The summed E-state index contributed by atoms with van der Waals surface area (Å²) in [7, 11) is 0. The highest BCUT2D eigenvalue weighted by atomic mass is 35.5. The fraction of sp³-hybridized carbons (Fsp3) is 0.571. The number of carbonyl (C=O) groups is 3. The first kappa shape index (κ1) is 19.4. The summed E-state index contributed by atoms with van der Waals surface area (Å²) in [5.41, 5.74) is 0.0610. The number of halogens is 1. The van der Waals surface area contributed by atoms with E-state index in [9.17, 15) is 14.4 Å². The van der Waals surface area contributed by atoms with Crippen molar-refractivity contribution in [3.8, 4) is 0 Å². The molecule has 28 heavy (non-hydrogen) atoms. The van der Waals surface area contributed by atoms with Gasteiger partial charge in [0.25, 0.3) is 0 Å². The van der Waals surface area contributed by atoms with Gasteiger partial charge in [-0.1, -0.05) is 32.4 Å². The molecule has 3 amide bonds. The van der Waals surface area contributed by atoms with Crippen LogP contribution in [0.5, 0.6) is 0 Å². The number of benzene rings is 1. The number of fused-ring (bicyclic) bond motifs is 4. The van der Waals surface area contributed by atoms with E-state index in [2.05, 4.69) is 24.5 Å². The van der Waals surface area contributed by atoms with Crippen LogP contribution in [0.4, 0.5) is 5.69 Å². The molecule has 0 bridgehead atoms. The Hall–Kier alpha value is -1.92. The van der Waals surface area contributed by atoms with Crippen molar-refractivity contribution in [2.75, 3.05) is 5.32 Å². The third-order valence-corrected chi connectivity index (χ3v) is 6.70. The summed E-state index contributed by atoms with van der Waals surface area (Å²) in [5.74, 6) is -1.68. The number of likely N-dealkylation sites (tertiary alicyclic amines) is 1. The second-order valence-electron chi connectivity index (χ2n) is 8.64. The predicted molar refractivity (Wildman–Crippen MR) is 107 cm³/mol. The monoisotopic (exact) mass is 403 g/mol. The Bertz CT molecular complexity index is 870. The van der Waals surface area contributed by atoms with Gasteiger partial charge in [0.05, 0.1) is 11.8 Å². The van der Waals surface area contributed by atoms with E-state index in [1.54, 1.807) is 18.2 Å². The van der Waals surface area contributed by atoms with Crippen LogP contribution in [0.1, 0.15) is 46.1 Å². The Morgan fingerprint density at radius 3 is 2.54 bits per heavy atom. The zero-order chi connectivity index (χ0) is 20.4. The molecule has 3 heterocycles. The van der Waals surface area contributed by atoms with Crippen molar-refractivity contribution in [1.29, 1.82) is 0 Å². The van der Waals surface area contributed by atoms with Crippen molar-refractivity contribution in [2.24, 2.45) is 17.8 Å². The van der Waals surface area contributed by atoms with Crippen molar-refractivity contribution in [3.63, 3.8) is 0 Å². The van der Waals surface area contributed by atoms with Crippen LogP contribution in [0.3, 0.4) is 0 Å². The van der Waals surface area contributed by atoms with Gasteiger partial charge in [0, 0.05) is 28.4 Å². The predicted octanol–water partition coefficient (Wildman–Crippen LogP) is 2.91. The van der Waals surface area contributed by atoms with Gasteiger partial charge in [-0.25, -0.2) is 0 Å². The first-order valence-corrected chi connectivity index (χ1v) is 10.4. The molecule has 0 aromatic heterocycles. The molecule has 2 N–H and O–H groups in total. The molecular formula is C21H26ClN3O3. The van der Waals surface area contributed by atoms with Crippen molar-refractivity contribution in [1.82, 2.24) is 10.2 Å². The van der Waals surface area contributed by atoms with Gasteiger partial charge in [0.2, 0.25) is 17.7 Å². The fourth-order valence-electron chi connectivity index (χ4n) is 5.12. The Balaban J connectivity index is 1.89. The first-order chi connectivity index (χ1) is 13.2. The molecule has 0 saturated carbocycles. The molecule has 3 aliphatic heterocycles. The topological polar surface area (TPSA) is 78.5 Å². The van der Waals surface area contributed by atoms with Gasteiger partial charge in [0.1, 0.15) is 5.54 Å². The maximum Gasteiger partial charge on any atom is 0.250 e. The molecule has 2 saturated heterocycles. The summed E-state index contributed by atoms with van der Waals surface area (Å²) in [6.07, 6.45) is 1.39. The van der Waals surface area contributed by atoms with Gasteiger partial charge in [-0.2, -0.15) is 0 Å². The lowest BCUT2D eigenvalue weighted by Gasteiger charge is -2.31. The molecule has 6 nitrogen and oxygen atoms in total. The molecule has 2 fully saturated rings. The molecule has 1 aromatic carbocycles. The molecule has 0 aliphatic carbocycles. The number of carbonyl (C=O) groups excluding carboxylic acids is 3. The minimum Gasteiger partial charge on any atom is -0.324 e. The normalized spacial score (nSPS) is 32.3. The Morgan fingerprint density at radius 1 is 1.18 bits per heavy atom. The number of hydrogen-bond acceptors (Lipinski definition) is 4. The molecule has 0 unspecified atom stereocenters. The molecule has 1 aromatic rings. The van der Waals surface area contributed by atoms with E-state index in [-0.39, 0.29) is 29.8 Å². The molecule has 150 valence electrons. The third kappa shape index (κ3) is 2.47. The average molecular weight is 404 g/mol. The van der Waals surface area contributed by atoms with Gasteiger partial charge >= 0.3 is 0 Å². The Labute approximate surface area is 170 Å². The van der Waals surface area contributed by atoms with Crippen LogP contribution in [0, 0.1) is 17.8 Å². The summed E-state index contributed by atoms with van der Waals surface area (Å²) in [4.78, 5) is 41.4. The SMILES string of the molecule is CC[C@@H](C)N1C(=O)[C@@H]2[C@H](CC(C)C)N[C@@]3(C(=O)Nc4ccc(Cl)cc43)[C@@H]2C1=O. The van der Waals surface area contributed by atoms with E-state index in [1.165, 1.54) is 4.90 Å². The van der Waals surface area contributed by atoms with E-state index in [0.717, 1.165) is 0 Å². The van der Waals surface area contributed by atoms with E-state index in [0.29, 0.717) is 35.0 Å². The average Bonchev–Trinajstić information content (AvgIpc) is 3.20. The van der Waals surface area contributed by atoms with Crippen molar-refractivity contribution in [2.45, 2.75) is 58.2 Å². The molecular weight excluding hydrogens is 378 g/mol. The quantitative estimate of drug-likeness (QED) is 0.757. The number of imide groups is 1. The highest BCUT2D eigenvalue weighted by molar-refractivity contribution is 6.31. The lowest BCUT2D eigenvalue weighted by molar-refractivity contribution is -0.145. The molecule has 5 atom stereocenters. The summed E-state index contributed by atoms with van der Waals surface area (Å²) < 4.78 is 0. The molecule has 0 radical (unpaired) electrons. The van der Waals surface area contributed by atoms with Crippen molar-refractivity contribution < 1.29 is 14.4 Å². The lowest BCUT2D eigenvalue weighted by atomic mass is 9.76. The first-order valence-electron chi connectivity index (χ1n) is 9.98. The van der Waals surface area contributed by atoms with Crippen molar-refractivity contribution in [3.05, 3.63) is 28.8 Å². The summed E-state index contributed by atoms with van der Waals surface area (Å²) in [6, 6.07) is 4.77. The zero-order valence-corrected chi connectivity index (χ0v) is 17.3. The molecule has 4 rings (SSSR count). The van der Waals surface area contributed by atoms with Crippen LogP contribution >= 0.6 is 11.6 Å². The van der Waals surface area contributed by atoms with Gasteiger partial charge < -0.3 is 5.32 Å². The second-order valence-corrected chi connectivity index (χ2v) is 9.08. The number of rotatable bonds is 4. The van der Waals surface area contributed by atoms with Gasteiger partial charge in [-0.3, -0.25) is 24.6 Å². The van der Waals surface area contributed by atoms with Crippen LogP contribution in [0.2, 0.25) is 5.02 Å². The summed E-state index contributed by atoms with van der Waals surface area (Å²) in [6.45, 7) is 7.99. The van der Waals surface area contributed by atoms with Crippen LogP contribution < -0.4 is 10.6 Å². The summed E-state index contributed by atoms with van der Waals surface area (Å²) >= 11 is 6.23. The smallest absolute Gasteiger partial charge is 0.250 e. The maximum absolute atomic E-state index is 13.5. The van der Waals surface area contributed by atoms with Crippen molar-refractivity contribution >= 4 is 35.0 Å². The van der Waals surface area contributed by atoms with Gasteiger partial charge in [-0.05, 0) is 43.9 Å². The third-order valence-electron chi connectivity index (χ3n) is 6.47. The molecule has 1 spiro atoms. The van der Waals surface area contributed by atoms with Crippen LogP contribution in [0.25, 0.3) is 0 Å². The number of anilines is 1. The standard InChI is InChI=1S/C21H26ClN3O3/c1-5-11(4)25-18(26)16-15(8-10(2)3)24-21(17(16)19(25)27)13-9-12(22)6-7-14(13)23-20(21)28/h6-7,9-11,15-17,24H,5,8H2,1-4H3,(H,23,28)/t11-,15+,16-,17+,21-/m1/s1. The largest absolute Gasteiger partial charge is 0.324 e. The zero-order valence-electron chi connectivity index (χ0n) is 16.6. The Morgan fingerprint density at radius 2 is 1.89 bits per heavy atom. The van der Waals surface area contributed by atoms with Crippen LogP contribution in [0.15, 0.2) is 18.2 Å².